The van der Waals surface area contributed by atoms with Crippen LogP contribution in [0.25, 0.3) is 0 Å². The molecule has 2 aliphatic rings. The second-order valence-electron chi connectivity index (χ2n) is 6.20. The van der Waals surface area contributed by atoms with Crippen LogP contribution < -0.4 is 15.2 Å². The predicted octanol–water partition coefficient (Wildman–Crippen LogP) is 1.37. The number of aromatic nitrogens is 3. The van der Waals surface area contributed by atoms with Gasteiger partial charge in [0, 0.05) is 12.1 Å². The summed E-state index contributed by atoms with van der Waals surface area (Å²) in [4.78, 5) is 19.9. The maximum atomic E-state index is 12.4. The van der Waals surface area contributed by atoms with E-state index >= 15 is 0 Å². The Balaban J connectivity index is 1.23. The molecule has 0 aromatic carbocycles. The molecule has 2 aromatic heterocycles. The molecule has 132 valence electrons. The van der Waals surface area contributed by atoms with Gasteiger partial charge >= 0.3 is 0 Å². The van der Waals surface area contributed by atoms with Gasteiger partial charge in [0.1, 0.15) is 13.1 Å². The molecular weight excluding hydrogens is 356 g/mol. The van der Waals surface area contributed by atoms with E-state index in [1.807, 2.05) is 23.2 Å². The van der Waals surface area contributed by atoms with E-state index in [9.17, 15) is 4.79 Å². The number of hydrogen-bond acceptors (Lipinski definition) is 7. The topological polar surface area (TPSA) is 75.5 Å². The van der Waals surface area contributed by atoms with Crippen LogP contribution in [0.3, 0.4) is 0 Å². The van der Waals surface area contributed by atoms with Crippen LogP contribution in [-0.4, -0.2) is 59.0 Å². The minimum atomic E-state index is 0.175. The molecule has 25 heavy (non-hydrogen) atoms. The molecule has 3 heterocycles. The number of aromatic amines is 1. The van der Waals surface area contributed by atoms with E-state index in [1.54, 1.807) is 0 Å². The van der Waals surface area contributed by atoms with Crippen molar-refractivity contribution in [3.05, 3.63) is 24.4 Å². The van der Waals surface area contributed by atoms with Crippen molar-refractivity contribution < 1.29 is 9.78 Å². The van der Waals surface area contributed by atoms with Crippen molar-refractivity contribution in [3.63, 3.8) is 0 Å². The lowest BCUT2D eigenvalue weighted by Gasteiger charge is -2.30. The molecule has 1 aliphatic heterocycles. The Morgan fingerprint density at radius 3 is 2.84 bits per heavy atom. The zero-order valence-electron chi connectivity index (χ0n) is 13.9. The molecule has 1 saturated carbocycles. The summed E-state index contributed by atoms with van der Waals surface area (Å²) >= 11 is 3.02. The van der Waals surface area contributed by atoms with Crippen molar-refractivity contribution in [2.75, 3.05) is 42.1 Å². The fraction of sp³-hybridized carbons (Fsp3) is 0.500. The van der Waals surface area contributed by atoms with Crippen molar-refractivity contribution in [1.29, 1.82) is 0 Å². The first kappa shape index (κ1) is 16.6. The van der Waals surface area contributed by atoms with Crippen LogP contribution in [0.5, 0.6) is 0 Å². The molecule has 1 saturated heterocycles. The van der Waals surface area contributed by atoms with Gasteiger partial charge in [0.05, 0.1) is 25.0 Å². The normalized spacial score (nSPS) is 17.6. The summed E-state index contributed by atoms with van der Waals surface area (Å²) in [6.45, 7) is 3.22. The number of H-pyrrole nitrogens is 1. The minimum Gasteiger partial charge on any atom is -0.357 e. The number of piperazine rings is 1. The number of rotatable bonds is 6. The molecule has 1 aliphatic carbocycles. The van der Waals surface area contributed by atoms with Crippen LogP contribution in [0.2, 0.25) is 0 Å². The summed E-state index contributed by atoms with van der Waals surface area (Å²) in [7, 11) is 0. The van der Waals surface area contributed by atoms with E-state index in [-0.39, 0.29) is 5.91 Å². The van der Waals surface area contributed by atoms with Gasteiger partial charge in [0.25, 0.3) is 5.82 Å². The third-order valence-corrected chi connectivity index (χ3v) is 6.27. The fourth-order valence-corrected chi connectivity index (χ4v) is 4.45. The van der Waals surface area contributed by atoms with Crippen molar-refractivity contribution in [2.45, 2.75) is 23.2 Å². The van der Waals surface area contributed by atoms with Crippen LogP contribution in [0.4, 0.5) is 10.9 Å². The highest BCUT2D eigenvalue weighted by Crippen LogP contribution is 2.30. The minimum absolute atomic E-state index is 0.175. The molecule has 0 bridgehead atoms. The number of hydrogen-bond donors (Lipinski definition) is 1. The molecule has 0 atom stereocenters. The SMILES string of the molecule is O=C(CSc1nnc(NC2CC2)s1)N1CCN(c2cccc[nH+]2)CC1. The number of carbonyl (C=O) groups is 1. The van der Waals surface area contributed by atoms with Crippen LogP contribution in [0.1, 0.15) is 12.8 Å². The largest absolute Gasteiger partial charge is 0.357 e. The van der Waals surface area contributed by atoms with Crippen molar-refractivity contribution in [1.82, 2.24) is 15.1 Å². The highest BCUT2D eigenvalue weighted by atomic mass is 32.2. The number of carbonyl (C=O) groups excluding carboxylic acids is 1. The summed E-state index contributed by atoms with van der Waals surface area (Å²) in [5.74, 6) is 1.71. The lowest BCUT2D eigenvalue weighted by Crippen LogP contribution is -2.50. The van der Waals surface area contributed by atoms with E-state index in [1.165, 1.54) is 35.9 Å². The first-order valence-electron chi connectivity index (χ1n) is 8.50. The average molecular weight is 378 g/mol. The summed E-state index contributed by atoms with van der Waals surface area (Å²) in [5.41, 5.74) is 0. The monoisotopic (exact) mass is 377 g/mol. The van der Waals surface area contributed by atoms with Crippen molar-refractivity contribution in [3.8, 4) is 0 Å². The number of nitrogens with zero attached hydrogens (tertiary/aromatic N) is 4. The molecule has 2 fully saturated rings. The maximum Gasteiger partial charge on any atom is 0.274 e. The van der Waals surface area contributed by atoms with Crippen LogP contribution in [0.15, 0.2) is 28.7 Å². The molecule has 2 aromatic rings. The summed E-state index contributed by atoms with van der Waals surface area (Å²) in [6.07, 6.45) is 4.36. The second-order valence-corrected chi connectivity index (χ2v) is 8.40. The highest BCUT2D eigenvalue weighted by molar-refractivity contribution is 8.01. The van der Waals surface area contributed by atoms with Crippen molar-refractivity contribution in [2.24, 2.45) is 0 Å². The Morgan fingerprint density at radius 1 is 1.28 bits per heavy atom. The van der Waals surface area contributed by atoms with E-state index in [2.05, 4.69) is 31.5 Å². The van der Waals surface area contributed by atoms with E-state index in [0.29, 0.717) is 11.8 Å². The zero-order valence-corrected chi connectivity index (χ0v) is 15.5. The van der Waals surface area contributed by atoms with Gasteiger partial charge in [-0.3, -0.25) is 9.69 Å². The van der Waals surface area contributed by atoms with E-state index < -0.39 is 0 Å². The fourth-order valence-electron chi connectivity index (χ4n) is 2.72. The summed E-state index contributed by atoms with van der Waals surface area (Å²) in [6, 6.07) is 6.63. The number of thioether (sulfide) groups is 1. The van der Waals surface area contributed by atoms with Gasteiger partial charge in [0.2, 0.25) is 11.0 Å². The molecule has 9 heteroatoms. The lowest BCUT2D eigenvalue weighted by atomic mass is 10.3. The Hall–Kier alpha value is -1.87. The summed E-state index contributed by atoms with van der Waals surface area (Å²) < 4.78 is 0.856. The second kappa shape index (κ2) is 7.57. The summed E-state index contributed by atoms with van der Waals surface area (Å²) in [5, 5.41) is 12.5. The van der Waals surface area contributed by atoms with Gasteiger partial charge in [0.15, 0.2) is 4.34 Å². The highest BCUT2D eigenvalue weighted by Gasteiger charge is 2.26. The van der Waals surface area contributed by atoms with Gasteiger partial charge in [-0.05, 0) is 18.9 Å². The number of amides is 1. The third-order valence-electron chi connectivity index (χ3n) is 4.30. The Labute approximate surface area is 154 Å². The van der Waals surface area contributed by atoms with Gasteiger partial charge in [-0.15, -0.1) is 10.2 Å². The molecule has 0 spiro atoms. The standard InChI is InChI=1S/C16H20N6OS2/c23-14(11-24-16-20-19-15(25-16)18-12-4-5-12)22-9-7-21(8-10-22)13-3-1-2-6-17-13/h1-3,6,12H,4-5,7-11H2,(H,18,19)/p+1. The molecule has 1 amide bonds. The van der Waals surface area contributed by atoms with E-state index in [4.69, 9.17) is 0 Å². The van der Waals surface area contributed by atoms with Gasteiger partial charge in [-0.1, -0.05) is 29.2 Å². The Morgan fingerprint density at radius 2 is 2.12 bits per heavy atom. The molecule has 0 unspecified atom stereocenters. The Bertz CT molecular complexity index is 712. The predicted molar refractivity (Wildman–Crippen MR) is 99.1 cm³/mol. The van der Waals surface area contributed by atoms with Gasteiger partial charge in [-0.2, -0.15) is 0 Å². The molecule has 2 N–H and O–H groups in total. The molecule has 0 radical (unpaired) electrons. The maximum absolute atomic E-state index is 12.4. The van der Waals surface area contributed by atoms with E-state index in [0.717, 1.165) is 41.5 Å². The first-order chi connectivity index (χ1) is 12.3. The zero-order chi connectivity index (χ0) is 17.1. The first-order valence-corrected chi connectivity index (χ1v) is 10.3. The number of nitrogens with one attached hydrogen (secondary N) is 2. The van der Waals surface area contributed by atoms with Gasteiger partial charge in [-0.25, -0.2) is 4.98 Å². The molecular formula is C16H21N6OS2+. The van der Waals surface area contributed by atoms with Crippen LogP contribution in [-0.2, 0) is 4.79 Å². The Kier molecular flexibility index (Phi) is 5.02. The quantitative estimate of drug-likeness (QED) is 0.767. The third kappa shape index (κ3) is 4.40. The molecule has 4 rings (SSSR count). The lowest BCUT2D eigenvalue weighted by molar-refractivity contribution is -0.364. The average Bonchev–Trinajstić information content (AvgIpc) is 3.37. The number of anilines is 2. The van der Waals surface area contributed by atoms with Crippen LogP contribution >= 0.6 is 23.1 Å². The van der Waals surface area contributed by atoms with Crippen molar-refractivity contribution >= 4 is 40.0 Å². The smallest absolute Gasteiger partial charge is 0.274 e. The number of pyridine rings is 1. The van der Waals surface area contributed by atoms with Gasteiger partial charge < -0.3 is 10.2 Å². The van der Waals surface area contributed by atoms with Crippen LogP contribution in [0, 0.1) is 0 Å². The molecule has 7 nitrogen and oxygen atoms in total.